The number of nitrogens with one attached hydrogen (secondary N) is 1. The summed E-state index contributed by atoms with van der Waals surface area (Å²) in [7, 11) is 0. The van der Waals surface area contributed by atoms with Gasteiger partial charge >= 0.3 is 0 Å². The normalized spacial score (nSPS) is 25.2. The third-order valence-electron chi connectivity index (χ3n) is 3.31. The van der Waals surface area contributed by atoms with Crippen LogP contribution < -0.4 is 5.32 Å². The van der Waals surface area contributed by atoms with Crippen LogP contribution in [-0.4, -0.2) is 69.0 Å². The van der Waals surface area contributed by atoms with E-state index >= 15 is 0 Å². The largest absolute Gasteiger partial charge is 0.379 e. The molecule has 0 aromatic rings. The molecule has 0 aromatic carbocycles. The van der Waals surface area contributed by atoms with Crippen molar-refractivity contribution in [3.05, 3.63) is 11.6 Å². The van der Waals surface area contributed by atoms with Crippen LogP contribution in [0.15, 0.2) is 11.6 Å². The van der Waals surface area contributed by atoms with Crippen molar-refractivity contribution < 1.29 is 4.74 Å². The fraction of sp³-hybridized carbons (Fsp3) is 0.833. The molecule has 1 N–H and O–H groups in total. The minimum absolute atomic E-state index is 0.891. The van der Waals surface area contributed by atoms with Crippen molar-refractivity contribution in [1.29, 1.82) is 0 Å². The van der Waals surface area contributed by atoms with Crippen LogP contribution in [0.4, 0.5) is 0 Å². The van der Waals surface area contributed by atoms with Crippen molar-refractivity contribution in [1.82, 2.24) is 15.1 Å². The number of hydrogen-bond acceptors (Lipinski definition) is 4. The predicted molar refractivity (Wildman–Crippen MR) is 65.5 cm³/mol. The Balaban J connectivity index is 1.75. The Morgan fingerprint density at radius 2 is 1.94 bits per heavy atom. The fourth-order valence-electron chi connectivity index (χ4n) is 2.25. The zero-order valence-electron chi connectivity index (χ0n) is 10.2. The lowest BCUT2D eigenvalue weighted by atomic mass is 10.2. The number of allylic oxidation sites excluding steroid dienone is 1. The van der Waals surface area contributed by atoms with Gasteiger partial charge in [0.05, 0.1) is 13.2 Å². The summed E-state index contributed by atoms with van der Waals surface area (Å²) in [6, 6.07) is 0. The van der Waals surface area contributed by atoms with Gasteiger partial charge in [0.15, 0.2) is 0 Å². The SMILES string of the molecule is C/C=C(/CN1CCOCC1)CN1CCNC1. The molecule has 2 heterocycles. The number of ether oxygens (including phenoxy) is 1. The smallest absolute Gasteiger partial charge is 0.0594 e. The Morgan fingerprint density at radius 3 is 2.56 bits per heavy atom. The van der Waals surface area contributed by atoms with E-state index in [9.17, 15) is 0 Å². The first kappa shape index (κ1) is 12.0. The van der Waals surface area contributed by atoms with Gasteiger partial charge in [-0.05, 0) is 12.5 Å². The van der Waals surface area contributed by atoms with Crippen molar-refractivity contribution in [2.75, 3.05) is 59.2 Å². The molecule has 2 saturated heterocycles. The number of nitrogens with zero attached hydrogens (tertiary/aromatic N) is 2. The maximum Gasteiger partial charge on any atom is 0.0594 e. The van der Waals surface area contributed by atoms with Crippen molar-refractivity contribution in [3.63, 3.8) is 0 Å². The van der Waals surface area contributed by atoms with Crippen LogP contribution in [0.3, 0.4) is 0 Å². The summed E-state index contributed by atoms with van der Waals surface area (Å²) in [5.41, 5.74) is 1.53. The molecule has 0 amide bonds. The average molecular weight is 225 g/mol. The molecule has 0 aromatic heterocycles. The van der Waals surface area contributed by atoms with Crippen molar-refractivity contribution in [2.24, 2.45) is 0 Å². The third-order valence-corrected chi connectivity index (χ3v) is 3.31. The highest BCUT2D eigenvalue weighted by molar-refractivity contribution is 5.06. The highest BCUT2D eigenvalue weighted by Gasteiger charge is 2.15. The van der Waals surface area contributed by atoms with Gasteiger partial charge in [0.1, 0.15) is 0 Å². The predicted octanol–water partition coefficient (Wildman–Crippen LogP) is 0.128. The minimum atomic E-state index is 0.891. The first-order valence-electron chi connectivity index (χ1n) is 6.25. The molecule has 4 nitrogen and oxygen atoms in total. The molecule has 4 heteroatoms. The topological polar surface area (TPSA) is 27.7 Å². The van der Waals surface area contributed by atoms with Crippen molar-refractivity contribution in [3.8, 4) is 0 Å². The standard InChI is InChI=1S/C12H23N3O/c1-2-12(10-15-4-3-13-11-15)9-14-5-7-16-8-6-14/h2,13H,3-11H2,1H3/b12-2-. The average Bonchev–Trinajstić information content (AvgIpc) is 2.82. The lowest BCUT2D eigenvalue weighted by Crippen LogP contribution is -2.39. The number of rotatable bonds is 4. The molecule has 0 aliphatic carbocycles. The molecule has 0 bridgehead atoms. The quantitative estimate of drug-likeness (QED) is 0.688. The molecule has 2 aliphatic rings. The summed E-state index contributed by atoms with van der Waals surface area (Å²) in [5.74, 6) is 0. The van der Waals surface area contributed by atoms with Gasteiger partial charge in [-0.25, -0.2) is 0 Å². The molecule has 2 fully saturated rings. The van der Waals surface area contributed by atoms with E-state index in [0.29, 0.717) is 0 Å². The molecule has 0 radical (unpaired) electrons. The molecule has 0 saturated carbocycles. The highest BCUT2D eigenvalue weighted by Crippen LogP contribution is 2.06. The minimum Gasteiger partial charge on any atom is -0.379 e. The van der Waals surface area contributed by atoms with Crippen molar-refractivity contribution in [2.45, 2.75) is 6.92 Å². The van der Waals surface area contributed by atoms with Gasteiger partial charge in [-0.3, -0.25) is 9.80 Å². The van der Waals surface area contributed by atoms with Gasteiger partial charge < -0.3 is 10.1 Å². The molecular formula is C12H23N3O. The summed E-state index contributed by atoms with van der Waals surface area (Å²) in [5, 5.41) is 3.37. The van der Waals surface area contributed by atoms with Gasteiger partial charge in [-0.15, -0.1) is 0 Å². The third kappa shape index (κ3) is 3.56. The Kier molecular flexibility index (Phi) is 4.78. The molecule has 0 spiro atoms. The molecular weight excluding hydrogens is 202 g/mol. The first-order valence-corrected chi connectivity index (χ1v) is 6.25. The summed E-state index contributed by atoms with van der Waals surface area (Å²) in [6.45, 7) is 11.7. The van der Waals surface area contributed by atoms with E-state index in [4.69, 9.17) is 4.74 Å². The van der Waals surface area contributed by atoms with E-state index in [2.05, 4.69) is 28.1 Å². The molecule has 0 unspecified atom stereocenters. The van der Waals surface area contributed by atoms with Gasteiger partial charge in [-0.1, -0.05) is 6.08 Å². The van der Waals surface area contributed by atoms with Crippen molar-refractivity contribution >= 4 is 0 Å². The highest BCUT2D eigenvalue weighted by atomic mass is 16.5. The Morgan fingerprint density at radius 1 is 1.19 bits per heavy atom. The second-order valence-electron chi connectivity index (χ2n) is 4.55. The summed E-state index contributed by atoms with van der Waals surface area (Å²) < 4.78 is 5.37. The second kappa shape index (κ2) is 6.35. The Hall–Kier alpha value is -0.420. The van der Waals surface area contributed by atoms with Gasteiger partial charge in [0.2, 0.25) is 0 Å². The molecule has 0 atom stereocenters. The lowest BCUT2D eigenvalue weighted by Gasteiger charge is -2.28. The van der Waals surface area contributed by atoms with Gasteiger partial charge in [-0.2, -0.15) is 0 Å². The zero-order valence-corrected chi connectivity index (χ0v) is 10.2. The second-order valence-corrected chi connectivity index (χ2v) is 4.55. The van der Waals surface area contributed by atoms with Gasteiger partial charge in [0, 0.05) is 45.9 Å². The molecule has 2 aliphatic heterocycles. The Labute approximate surface area is 98.2 Å². The zero-order chi connectivity index (χ0) is 11.2. The van der Waals surface area contributed by atoms with E-state index in [1.54, 1.807) is 0 Å². The van der Waals surface area contributed by atoms with E-state index in [0.717, 1.165) is 52.6 Å². The number of hydrogen-bond donors (Lipinski definition) is 1. The summed E-state index contributed by atoms with van der Waals surface area (Å²) in [6.07, 6.45) is 2.27. The van der Waals surface area contributed by atoms with E-state index in [1.807, 2.05) is 0 Å². The monoisotopic (exact) mass is 225 g/mol. The van der Waals surface area contributed by atoms with E-state index < -0.39 is 0 Å². The maximum atomic E-state index is 5.37. The van der Waals surface area contributed by atoms with Gasteiger partial charge in [0.25, 0.3) is 0 Å². The van der Waals surface area contributed by atoms with E-state index in [-0.39, 0.29) is 0 Å². The molecule has 16 heavy (non-hydrogen) atoms. The summed E-state index contributed by atoms with van der Waals surface area (Å²) in [4.78, 5) is 4.96. The van der Waals surface area contributed by atoms with Crippen LogP contribution in [0.1, 0.15) is 6.92 Å². The fourth-order valence-corrected chi connectivity index (χ4v) is 2.25. The maximum absolute atomic E-state index is 5.37. The van der Waals surface area contributed by atoms with Crippen LogP contribution in [-0.2, 0) is 4.74 Å². The molecule has 92 valence electrons. The van der Waals surface area contributed by atoms with E-state index in [1.165, 1.54) is 12.1 Å². The Bertz CT molecular complexity index is 230. The van der Waals surface area contributed by atoms with Crippen LogP contribution in [0, 0.1) is 0 Å². The van der Waals surface area contributed by atoms with Crippen LogP contribution in [0.25, 0.3) is 0 Å². The van der Waals surface area contributed by atoms with Crippen LogP contribution in [0.5, 0.6) is 0 Å². The molecule has 2 rings (SSSR count). The first-order chi connectivity index (χ1) is 7.88. The van der Waals surface area contributed by atoms with Crippen LogP contribution in [0.2, 0.25) is 0 Å². The van der Waals surface area contributed by atoms with Crippen LogP contribution >= 0.6 is 0 Å². The summed E-state index contributed by atoms with van der Waals surface area (Å²) >= 11 is 0. The number of morpholine rings is 1. The lowest BCUT2D eigenvalue weighted by molar-refractivity contribution is 0.0416.